The predicted octanol–water partition coefficient (Wildman–Crippen LogP) is 4.02. The van der Waals surface area contributed by atoms with Gasteiger partial charge in [0.1, 0.15) is 17.1 Å². The number of amides is 2. The quantitative estimate of drug-likeness (QED) is 0.568. The molecule has 1 aromatic heterocycles. The molecule has 1 aliphatic rings. The molecular weight excluding hydrogens is 340 g/mol. The summed E-state index contributed by atoms with van der Waals surface area (Å²) in [5, 5.41) is 1.27. The highest BCUT2D eigenvalue weighted by molar-refractivity contribution is 6.31. The molecule has 0 atom stereocenters. The molecule has 134 valence electrons. The van der Waals surface area contributed by atoms with Gasteiger partial charge in [-0.05, 0) is 55.3 Å². The molecular formula is C22H18N2O3. The summed E-state index contributed by atoms with van der Waals surface area (Å²) in [6.45, 7) is 3.96. The molecule has 0 spiro atoms. The highest BCUT2D eigenvalue weighted by Gasteiger charge is 2.34. The van der Waals surface area contributed by atoms with Crippen LogP contribution in [0.5, 0.6) is 0 Å². The van der Waals surface area contributed by atoms with E-state index in [1.807, 2.05) is 68.4 Å². The van der Waals surface area contributed by atoms with Crippen LogP contribution >= 0.6 is 0 Å². The second kappa shape index (κ2) is 6.61. The molecule has 0 bridgehead atoms. The van der Waals surface area contributed by atoms with Crippen LogP contribution in [0.2, 0.25) is 0 Å². The fraction of sp³-hybridized carbons (Fsp3) is 0.0909. The molecule has 0 saturated carbocycles. The summed E-state index contributed by atoms with van der Waals surface area (Å²) in [6, 6.07) is 18.8. The van der Waals surface area contributed by atoms with E-state index in [1.54, 1.807) is 6.07 Å². The fourth-order valence-electron chi connectivity index (χ4n) is 2.93. The van der Waals surface area contributed by atoms with Crippen LogP contribution in [-0.2, 0) is 9.59 Å². The van der Waals surface area contributed by atoms with Crippen molar-refractivity contribution in [2.45, 2.75) is 13.8 Å². The zero-order chi connectivity index (χ0) is 19.0. The van der Waals surface area contributed by atoms with Gasteiger partial charge in [0, 0.05) is 5.56 Å². The van der Waals surface area contributed by atoms with E-state index in [2.05, 4.69) is 5.43 Å². The predicted molar refractivity (Wildman–Crippen MR) is 104 cm³/mol. The van der Waals surface area contributed by atoms with Crippen molar-refractivity contribution in [1.29, 1.82) is 0 Å². The van der Waals surface area contributed by atoms with Gasteiger partial charge in [0.05, 0.1) is 5.69 Å². The number of carbonyl (C=O) groups is 2. The minimum absolute atomic E-state index is 0.0437. The van der Waals surface area contributed by atoms with Crippen molar-refractivity contribution in [2.24, 2.45) is 0 Å². The summed E-state index contributed by atoms with van der Waals surface area (Å²) >= 11 is 0. The van der Waals surface area contributed by atoms with Gasteiger partial charge in [-0.1, -0.05) is 36.4 Å². The normalized spacial score (nSPS) is 15.5. The molecule has 2 heterocycles. The van der Waals surface area contributed by atoms with E-state index in [9.17, 15) is 9.59 Å². The molecule has 5 nitrogen and oxygen atoms in total. The number of anilines is 1. The van der Waals surface area contributed by atoms with E-state index in [1.165, 1.54) is 11.1 Å². The number of rotatable bonds is 3. The van der Waals surface area contributed by atoms with Crippen molar-refractivity contribution in [2.75, 3.05) is 5.01 Å². The Kier molecular flexibility index (Phi) is 4.12. The van der Waals surface area contributed by atoms with Crippen LogP contribution in [0.3, 0.4) is 0 Å². The Labute approximate surface area is 156 Å². The van der Waals surface area contributed by atoms with Crippen molar-refractivity contribution in [3.63, 3.8) is 0 Å². The van der Waals surface area contributed by atoms with Gasteiger partial charge in [-0.3, -0.25) is 15.0 Å². The van der Waals surface area contributed by atoms with E-state index in [0.29, 0.717) is 17.2 Å². The number of benzene rings is 2. The van der Waals surface area contributed by atoms with Crippen LogP contribution in [0.1, 0.15) is 16.9 Å². The first kappa shape index (κ1) is 16.8. The van der Waals surface area contributed by atoms with Crippen LogP contribution in [0.4, 0.5) is 5.69 Å². The van der Waals surface area contributed by atoms with E-state index in [-0.39, 0.29) is 5.57 Å². The van der Waals surface area contributed by atoms with Crippen molar-refractivity contribution >= 4 is 23.6 Å². The first-order valence-corrected chi connectivity index (χ1v) is 8.62. The molecule has 2 amide bonds. The van der Waals surface area contributed by atoms with Gasteiger partial charge in [0.15, 0.2) is 0 Å². The van der Waals surface area contributed by atoms with E-state index >= 15 is 0 Å². The maximum atomic E-state index is 12.7. The number of aryl methyl sites for hydroxylation is 2. The third-order valence-corrected chi connectivity index (χ3v) is 4.61. The topological polar surface area (TPSA) is 62.6 Å². The van der Waals surface area contributed by atoms with Gasteiger partial charge in [-0.25, -0.2) is 5.01 Å². The second-order valence-corrected chi connectivity index (χ2v) is 6.48. The van der Waals surface area contributed by atoms with Crippen molar-refractivity contribution in [1.82, 2.24) is 5.43 Å². The number of carbonyl (C=O) groups excluding carboxylic acids is 2. The Balaban J connectivity index is 1.62. The number of hydrazine groups is 1. The Hall–Kier alpha value is -3.60. The van der Waals surface area contributed by atoms with Gasteiger partial charge in [-0.15, -0.1) is 0 Å². The standard InChI is InChI=1S/C22H18N2O3/c1-14-8-9-17(12-15(14)2)24-22(26)19(21(25)23-24)13-18-10-11-20(27-18)16-6-4-3-5-7-16/h3-13H,1-2H3,(H,23,25). The molecule has 1 N–H and O–H groups in total. The minimum Gasteiger partial charge on any atom is -0.457 e. The van der Waals surface area contributed by atoms with Gasteiger partial charge >= 0.3 is 0 Å². The van der Waals surface area contributed by atoms with Gasteiger partial charge in [0.2, 0.25) is 0 Å². The summed E-state index contributed by atoms with van der Waals surface area (Å²) in [4.78, 5) is 25.0. The van der Waals surface area contributed by atoms with E-state index in [4.69, 9.17) is 4.42 Å². The fourth-order valence-corrected chi connectivity index (χ4v) is 2.93. The largest absolute Gasteiger partial charge is 0.457 e. The van der Waals surface area contributed by atoms with Crippen LogP contribution in [0.15, 0.2) is 70.7 Å². The van der Waals surface area contributed by atoms with Crippen LogP contribution in [0, 0.1) is 13.8 Å². The lowest BCUT2D eigenvalue weighted by atomic mass is 10.1. The highest BCUT2D eigenvalue weighted by Crippen LogP contribution is 2.26. The van der Waals surface area contributed by atoms with Gasteiger partial charge in [-0.2, -0.15) is 0 Å². The lowest BCUT2D eigenvalue weighted by Gasteiger charge is -2.15. The Bertz CT molecular complexity index is 1060. The molecule has 5 heteroatoms. The van der Waals surface area contributed by atoms with Crippen molar-refractivity contribution in [3.8, 4) is 11.3 Å². The third-order valence-electron chi connectivity index (χ3n) is 4.61. The summed E-state index contributed by atoms with van der Waals surface area (Å²) in [7, 11) is 0. The Morgan fingerprint density at radius 3 is 2.44 bits per heavy atom. The number of hydrogen-bond donors (Lipinski definition) is 1. The minimum atomic E-state index is -0.448. The number of nitrogens with zero attached hydrogens (tertiary/aromatic N) is 1. The lowest BCUT2D eigenvalue weighted by Crippen LogP contribution is -2.35. The monoisotopic (exact) mass is 358 g/mol. The molecule has 27 heavy (non-hydrogen) atoms. The van der Waals surface area contributed by atoms with Gasteiger partial charge < -0.3 is 4.42 Å². The molecule has 0 aliphatic carbocycles. The number of hydrogen-bond acceptors (Lipinski definition) is 3. The summed E-state index contributed by atoms with van der Waals surface area (Å²) in [5.41, 5.74) is 6.38. The van der Waals surface area contributed by atoms with Gasteiger partial charge in [0.25, 0.3) is 11.8 Å². The average molecular weight is 358 g/mol. The average Bonchev–Trinajstić information content (AvgIpc) is 3.25. The molecule has 1 aliphatic heterocycles. The zero-order valence-corrected chi connectivity index (χ0v) is 15.0. The Morgan fingerprint density at radius 1 is 0.926 bits per heavy atom. The van der Waals surface area contributed by atoms with Crippen LogP contribution in [-0.4, -0.2) is 11.8 Å². The summed E-state index contributed by atoms with van der Waals surface area (Å²) < 4.78 is 5.78. The van der Waals surface area contributed by atoms with E-state index in [0.717, 1.165) is 16.7 Å². The summed E-state index contributed by atoms with van der Waals surface area (Å²) in [5.74, 6) is 0.283. The molecule has 3 aromatic rings. The maximum absolute atomic E-state index is 12.7. The summed E-state index contributed by atoms with van der Waals surface area (Å²) in [6.07, 6.45) is 1.48. The molecule has 0 unspecified atom stereocenters. The molecule has 4 rings (SSSR count). The van der Waals surface area contributed by atoms with Crippen molar-refractivity contribution in [3.05, 3.63) is 83.1 Å². The molecule has 0 radical (unpaired) electrons. The first-order chi connectivity index (χ1) is 13.0. The van der Waals surface area contributed by atoms with E-state index < -0.39 is 11.8 Å². The molecule has 1 fully saturated rings. The maximum Gasteiger partial charge on any atom is 0.282 e. The third kappa shape index (κ3) is 3.15. The van der Waals surface area contributed by atoms with Crippen LogP contribution < -0.4 is 10.4 Å². The Morgan fingerprint density at radius 2 is 1.70 bits per heavy atom. The number of furan rings is 1. The first-order valence-electron chi connectivity index (χ1n) is 8.62. The lowest BCUT2D eigenvalue weighted by molar-refractivity contribution is -0.117. The van der Waals surface area contributed by atoms with Crippen molar-refractivity contribution < 1.29 is 14.0 Å². The zero-order valence-electron chi connectivity index (χ0n) is 15.0. The SMILES string of the molecule is Cc1ccc(N2NC(=O)C(=Cc3ccc(-c4ccccc4)o3)C2=O)cc1C. The second-order valence-electron chi connectivity index (χ2n) is 6.48. The van der Waals surface area contributed by atoms with Crippen LogP contribution in [0.25, 0.3) is 17.4 Å². The smallest absolute Gasteiger partial charge is 0.282 e. The highest BCUT2D eigenvalue weighted by atomic mass is 16.3. The number of nitrogens with one attached hydrogen (secondary N) is 1. The molecule has 1 saturated heterocycles. The molecule has 2 aromatic carbocycles.